The molecule has 0 spiro atoms. The highest BCUT2D eigenvalue weighted by atomic mass is 19.1. The molecule has 0 saturated heterocycles. The Morgan fingerprint density at radius 1 is 1.16 bits per heavy atom. The van der Waals surface area contributed by atoms with Gasteiger partial charge in [0.15, 0.2) is 0 Å². The van der Waals surface area contributed by atoms with Crippen LogP contribution in [-0.4, -0.2) is 36.2 Å². The van der Waals surface area contributed by atoms with Gasteiger partial charge in [0.05, 0.1) is 18.1 Å². The monoisotopic (exact) mass is 417 g/mol. The first-order chi connectivity index (χ1) is 14.8. The van der Waals surface area contributed by atoms with Gasteiger partial charge in [-0.05, 0) is 55.8 Å². The predicted molar refractivity (Wildman–Crippen MR) is 128 cm³/mol. The number of alkyl halides is 1. The van der Waals surface area contributed by atoms with Crippen molar-refractivity contribution in [2.45, 2.75) is 26.4 Å². The number of nitrogens with one attached hydrogen (secondary N) is 1. The van der Waals surface area contributed by atoms with Crippen molar-refractivity contribution < 1.29 is 4.39 Å². The number of benzene rings is 2. The normalized spacial score (nSPS) is 12.4. The number of aromatic nitrogens is 2. The molecular weight excluding hydrogens is 389 g/mol. The van der Waals surface area contributed by atoms with Gasteiger partial charge in [0.2, 0.25) is 0 Å². The maximum atomic E-state index is 13.4. The van der Waals surface area contributed by atoms with Crippen molar-refractivity contribution in [1.29, 1.82) is 0 Å². The van der Waals surface area contributed by atoms with Crippen molar-refractivity contribution in [3.05, 3.63) is 84.2 Å². The molecule has 1 heterocycles. The summed E-state index contributed by atoms with van der Waals surface area (Å²) >= 11 is 0. The summed E-state index contributed by atoms with van der Waals surface area (Å²) in [5, 5.41) is 11.1. The van der Waals surface area contributed by atoms with Crippen molar-refractivity contribution in [2.75, 3.05) is 24.3 Å². The zero-order valence-corrected chi connectivity index (χ0v) is 18.4. The van der Waals surface area contributed by atoms with Crippen LogP contribution in [0.2, 0.25) is 0 Å². The van der Waals surface area contributed by atoms with Crippen LogP contribution in [0.4, 0.5) is 21.5 Å². The van der Waals surface area contributed by atoms with E-state index in [0.29, 0.717) is 12.1 Å². The first-order valence-electron chi connectivity index (χ1n) is 10.2. The van der Waals surface area contributed by atoms with Gasteiger partial charge in [-0.1, -0.05) is 18.7 Å². The molecule has 160 valence electrons. The van der Waals surface area contributed by atoms with Crippen LogP contribution in [0.5, 0.6) is 0 Å². The fraction of sp³-hybridized carbons (Fsp3) is 0.240. The molecule has 31 heavy (non-hydrogen) atoms. The zero-order chi connectivity index (χ0) is 22.4. The van der Waals surface area contributed by atoms with Crippen molar-refractivity contribution in [3.8, 4) is 0 Å². The third-order valence-corrected chi connectivity index (χ3v) is 4.85. The number of nitrogens with zero attached hydrogens (tertiary/aromatic N) is 4. The van der Waals surface area contributed by atoms with E-state index in [1.54, 1.807) is 19.3 Å². The molecule has 0 radical (unpaired) electrons. The molecule has 6 heteroatoms. The molecule has 0 amide bonds. The minimum atomic E-state index is -0.887. The Labute approximate surface area is 183 Å². The van der Waals surface area contributed by atoms with E-state index in [0.717, 1.165) is 39.5 Å². The smallest absolute Gasteiger partial charge is 0.101 e. The summed E-state index contributed by atoms with van der Waals surface area (Å²) in [5.74, 6) is 0. The lowest BCUT2D eigenvalue weighted by Gasteiger charge is -2.18. The van der Waals surface area contributed by atoms with Crippen LogP contribution in [0.15, 0.2) is 72.5 Å². The lowest BCUT2D eigenvalue weighted by Crippen LogP contribution is -2.09. The van der Waals surface area contributed by atoms with Gasteiger partial charge in [-0.15, -0.1) is 0 Å². The fourth-order valence-electron chi connectivity index (χ4n) is 3.23. The van der Waals surface area contributed by atoms with Crippen LogP contribution in [0.3, 0.4) is 0 Å². The summed E-state index contributed by atoms with van der Waals surface area (Å²) in [6, 6.07) is 15.7. The van der Waals surface area contributed by atoms with Gasteiger partial charge in [-0.2, -0.15) is 10.2 Å². The minimum absolute atomic E-state index is 0.382. The fourth-order valence-corrected chi connectivity index (χ4v) is 3.23. The van der Waals surface area contributed by atoms with Crippen LogP contribution in [0.25, 0.3) is 5.70 Å². The summed E-state index contributed by atoms with van der Waals surface area (Å²) in [7, 11) is 3.99. The van der Waals surface area contributed by atoms with Gasteiger partial charge in [0, 0.05) is 54.4 Å². The van der Waals surface area contributed by atoms with Crippen molar-refractivity contribution in [3.63, 3.8) is 0 Å². The Hall–Kier alpha value is -3.54. The molecule has 0 aliphatic rings. The van der Waals surface area contributed by atoms with Crippen molar-refractivity contribution >= 4 is 28.5 Å². The Balaban J connectivity index is 1.94. The Bertz CT molecular complexity index is 1070. The third kappa shape index (κ3) is 5.98. The van der Waals surface area contributed by atoms with E-state index in [1.807, 2.05) is 68.4 Å². The maximum Gasteiger partial charge on any atom is 0.101 e. The predicted octanol–water partition coefficient (Wildman–Crippen LogP) is 5.67. The number of anilines is 2. The van der Waals surface area contributed by atoms with E-state index in [9.17, 15) is 4.39 Å². The number of aliphatic imine (C=N–C) groups is 1. The maximum absolute atomic E-state index is 13.4. The summed E-state index contributed by atoms with van der Waals surface area (Å²) in [5.41, 5.74) is 6.98. The van der Waals surface area contributed by atoms with Crippen LogP contribution in [-0.2, 0) is 6.42 Å². The van der Waals surface area contributed by atoms with Crippen LogP contribution < -0.4 is 10.2 Å². The van der Waals surface area contributed by atoms with Crippen LogP contribution >= 0.6 is 0 Å². The highest BCUT2D eigenvalue weighted by Crippen LogP contribution is 2.31. The molecule has 3 aromatic rings. The Kier molecular flexibility index (Phi) is 7.13. The van der Waals surface area contributed by atoms with E-state index in [4.69, 9.17) is 4.99 Å². The van der Waals surface area contributed by atoms with Gasteiger partial charge in [-0.25, -0.2) is 4.39 Å². The van der Waals surface area contributed by atoms with Gasteiger partial charge < -0.3 is 10.2 Å². The lowest BCUT2D eigenvalue weighted by atomic mass is 10.1. The lowest BCUT2D eigenvalue weighted by molar-refractivity contribution is 0.360. The largest absolute Gasteiger partial charge is 0.378 e. The van der Waals surface area contributed by atoms with Crippen LogP contribution in [0, 0.1) is 0 Å². The molecule has 0 bridgehead atoms. The molecule has 1 N–H and O–H groups in total. The zero-order valence-electron chi connectivity index (χ0n) is 18.4. The molecule has 1 unspecified atom stereocenters. The topological polar surface area (TPSA) is 53.4 Å². The molecule has 2 aromatic carbocycles. The van der Waals surface area contributed by atoms with E-state index in [-0.39, 0.29) is 0 Å². The molecule has 3 rings (SSSR count). The molecule has 0 aliphatic carbocycles. The van der Waals surface area contributed by atoms with Gasteiger partial charge in [-0.3, -0.25) is 4.99 Å². The van der Waals surface area contributed by atoms with Crippen LogP contribution in [0.1, 0.15) is 30.5 Å². The molecular formula is C25H28FN5. The van der Waals surface area contributed by atoms with Crippen molar-refractivity contribution in [2.24, 2.45) is 4.99 Å². The average molecular weight is 418 g/mol. The van der Waals surface area contributed by atoms with Gasteiger partial charge in [0.25, 0.3) is 0 Å². The molecule has 1 aromatic heterocycles. The second-order valence-electron chi connectivity index (χ2n) is 7.71. The second-order valence-corrected chi connectivity index (χ2v) is 7.71. The van der Waals surface area contributed by atoms with Gasteiger partial charge >= 0.3 is 0 Å². The van der Waals surface area contributed by atoms with E-state index in [2.05, 4.69) is 28.2 Å². The summed E-state index contributed by atoms with van der Waals surface area (Å²) in [6.07, 6.45) is 2.84. The highest BCUT2D eigenvalue weighted by Gasteiger charge is 2.11. The molecule has 1 atom stereocenters. The minimum Gasteiger partial charge on any atom is -0.378 e. The molecule has 0 saturated carbocycles. The quantitative estimate of drug-likeness (QED) is 0.480. The number of hydrogen-bond acceptors (Lipinski definition) is 5. The van der Waals surface area contributed by atoms with Gasteiger partial charge in [0.1, 0.15) is 6.17 Å². The van der Waals surface area contributed by atoms with Crippen molar-refractivity contribution in [1.82, 2.24) is 10.2 Å². The summed E-state index contributed by atoms with van der Waals surface area (Å²) in [6.45, 7) is 7.77. The summed E-state index contributed by atoms with van der Waals surface area (Å²) < 4.78 is 13.4. The Morgan fingerprint density at radius 3 is 2.65 bits per heavy atom. The number of hydrogen-bond donors (Lipinski definition) is 1. The first kappa shape index (κ1) is 22.2. The van der Waals surface area contributed by atoms with E-state index < -0.39 is 6.17 Å². The summed E-state index contributed by atoms with van der Waals surface area (Å²) in [4.78, 5) is 6.86. The third-order valence-electron chi connectivity index (χ3n) is 4.85. The number of rotatable bonds is 8. The number of halogens is 1. The first-order valence-corrected chi connectivity index (χ1v) is 10.2. The van der Waals surface area contributed by atoms with E-state index in [1.165, 1.54) is 0 Å². The SMILES string of the molecule is C=C(Nc1cccc(CC(C)F)c1)c1cc(N(C)C)ccc1N=C(C)c1ccnnc1. The molecule has 0 fully saturated rings. The van der Waals surface area contributed by atoms with E-state index >= 15 is 0 Å². The Morgan fingerprint density at radius 2 is 1.97 bits per heavy atom. The second kappa shape index (κ2) is 9.98. The standard InChI is InChI=1S/C25H28FN5/c1-17(26)13-20-7-6-8-22(14-20)29-19(3)24-15-23(31(4)5)9-10-25(24)30-18(2)21-11-12-27-28-16-21/h6-12,14-17,29H,3,13H2,1-2,4-5H3. The highest BCUT2D eigenvalue weighted by molar-refractivity contribution is 6.00. The average Bonchev–Trinajstić information content (AvgIpc) is 2.74. The molecule has 5 nitrogen and oxygen atoms in total. The molecule has 0 aliphatic heterocycles.